The highest BCUT2D eigenvalue weighted by atomic mass is 16.3. The standard InChI is InChI=1S/C13H16N2O3/c1-4-5-11-12(14-9(3)16)7-6-10(13(11)17)8(2)15-18/h4,6-8,17H,1,5H2,2-3H3,(H,14,16). The number of phenolic OH excluding ortho intramolecular Hbond substituents is 1. The van der Waals surface area contributed by atoms with Gasteiger partial charge in [-0.25, -0.2) is 0 Å². The predicted molar refractivity (Wildman–Crippen MR) is 70.5 cm³/mol. The van der Waals surface area contributed by atoms with Gasteiger partial charge in [-0.05, 0) is 19.4 Å². The molecule has 0 saturated carbocycles. The van der Waals surface area contributed by atoms with Gasteiger partial charge in [0.1, 0.15) is 11.8 Å². The van der Waals surface area contributed by atoms with Crippen LogP contribution >= 0.6 is 0 Å². The molecule has 18 heavy (non-hydrogen) atoms. The van der Waals surface area contributed by atoms with Crippen LogP contribution in [0, 0.1) is 4.91 Å². The molecule has 96 valence electrons. The van der Waals surface area contributed by atoms with E-state index in [1.165, 1.54) is 6.92 Å². The van der Waals surface area contributed by atoms with E-state index in [2.05, 4.69) is 17.1 Å². The number of anilines is 1. The topological polar surface area (TPSA) is 78.8 Å². The van der Waals surface area contributed by atoms with Crippen LogP contribution in [0.2, 0.25) is 0 Å². The maximum Gasteiger partial charge on any atom is 0.221 e. The molecule has 1 aromatic carbocycles. The summed E-state index contributed by atoms with van der Waals surface area (Å²) in [6, 6.07) is 2.59. The van der Waals surface area contributed by atoms with E-state index in [1.54, 1.807) is 25.1 Å². The number of hydrogen-bond acceptors (Lipinski definition) is 4. The minimum atomic E-state index is -0.639. The number of hydrogen-bond donors (Lipinski definition) is 2. The highest BCUT2D eigenvalue weighted by molar-refractivity contribution is 5.90. The minimum absolute atomic E-state index is 0.0201. The smallest absolute Gasteiger partial charge is 0.221 e. The van der Waals surface area contributed by atoms with E-state index >= 15 is 0 Å². The monoisotopic (exact) mass is 248 g/mol. The van der Waals surface area contributed by atoms with Crippen LogP contribution in [0.3, 0.4) is 0 Å². The Morgan fingerprint density at radius 1 is 1.61 bits per heavy atom. The number of nitrogens with zero attached hydrogens (tertiary/aromatic N) is 1. The summed E-state index contributed by atoms with van der Waals surface area (Å²) >= 11 is 0. The molecule has 0 aromatic heterocycles. The number of nitrogens with one attached hydrogen (secondary N) is 1. The predicted octanol–water partition coefficient (Wildman–Crippen LogP) is 2.91. The second kappa shape index (κ2) is 5.95. The van der Waals surface area contributed by atoms with Gasteiger partial charge in [0.15, 0.2) is 0 Å². The molecule has 0 bridgehead atoms. The molecule has 1 unspecified atom stereocenters. The number of benzene rings is 1. The van der Waals surface area contributed by atoms with Crippen molar-refractivity contribution in [3.05, 3.63) is 40.8 Å². The second-order valence-corrected chi connectivity index (χ2v) is 3.98. The van der Waals surface area contributed by atoms with Crippen molar-refractivity contribution in [3.8, 4) is 5.75 Å². The molecule has 2 N–H and O–H groups in total. The number of phenols is 1. The van der Waals surface area contributed by atoms with Gasteiger partial charge >= 0.3 is 0 Å². The van der Waals surface area contributed by atoms with Gasteiger partial charge in [-0.1, -0.05) is 17.3 Å². The molecule has 0 saturated heterocycles. The average molecular weight is 248 g/mol. The van der Waals surface area contributed by atoms with Gasteiger partial charge in [-0.2, -0.15) is 4.91 Å². The molecule has 1 amide bonds. The van der Waals surface area contributed by atoms with Crippen LogP contribution in [0.25, 0.3) is 0 Å². The van der Waals surface area contributed by atoms with E-state index < -0.39 is 6.04 Å². The summed E-state index contributed by atoms with van der Waals surface area (Å²) in [7, 11) is 0. The molecule has 0 aliphatic carbocycles. The highest BCUT2D eigenvalue weighted by Gasteiger charge is 2.17. The average Bonchev–Trinajstić information content (AvgIpc) is 2.32. The SMILES string of the molecule is C=CCc1c(NC(C)=O)ccc(C(C)N=O)c1O. The summed E-state index contributed by atoms with van der Waals surface area (Å²) in [6.07, 6.45) is 2.00. The molecule has 5 heteroatoms. The first-order chi connectivity index (χ1) is 8.51. The van der Waals surface area contributed by atoms with Crippen LogP contribution in [-0.4, -0.2) is 11.0 Å². The zero-order valence-corrected chi connectivity index (χ0v) is 10.4. The fourth-order valence-corrected chi connectivity index (χ4v) is 1.71. The van der Waals surface area contributed by atoms with Crippen LogP contribution in [0.1, 0.15) is 31.0 Å². The van der Waals surface area contributed by atoms with E-state index in [1.807, 2.05) is 0 Å². The molecule has 1 rings (SSSR count). The highest BCUT2D eigenvalue weighted by Crippen LogP contribution is 2.35. The molecule has 0 spiro atoms. The fraction of sp³-hybridized carbons (Fsp3) is 0.308. The molecule has 0 heterocycles. The summed E-state index contributed by atoms with van der Waals surface area (Å²) < 4.78 is 0. The molecule has 1 atom stereocenters. The number of rotatable bonds is 5. The van der Waals surface area contributed by atoms with E-state index in [0.29, 0.717) is 23.2 Å². The Labute approximate surface area is 105 Å². The third-order valence-electron chi connectivity index (χ3n) is 2.58. The summed E-state index contributed by atoms with van der Waals surface area (Å²) in [5, 5.41) is 15.6. The Morgan fingerprint density at radius 2 is 2.28 bits per heavy atom. The second-order valence-electron chi connectivity index (χ2n) is 3.98. The van der Waals surface area contributed by atoms with Gasteiger partial charge in [0.2, 0.25) is 5.91 Å². The lowest BCUT2D eigenvalue weighted by Gasteiger charge is -2.15. The number of aromatic hydroxyl groups is 1. The summed E-state index contributed by atoms with van der Waals surface area (Å²) in [5.41, 5.74) is 1.49. The van der Waals surface area contributed by atoms with Crippen molar-refractivity contribution in [3.63, 3.8) is 0 Å². The van der Waals surface area contributed by atoms with E-state index in [-0.39, 0.29) is 11.7 Å². The first-order valence-electron chi connectivity index (χ1n) is 5.57. The normalized spacial score (nSPS) is 11.7. The fourth-order valence-electron chi connectivity index (χ4n) is 1.71. The Morgan fingerprint density at radius 3 is 2.78 bits per heavy atom. The van der Waals surface area contributed by atoms with Gasteiger partial charge < -0.3 is 10.4 Å². The number of carbonyl (C=O) groups is 1. The van der Waals surface area contributed by atoms with Gasteiger partial charge in [0.25, 0.3) is 0 Å². The van der Waals surface area contributed by atoms with Crippen LogP contribution < -0.4 is 5.32 Å². The Kier molecular flexibility index (Phi) is 4.59. The largest absolute Gasteiger partial charge is 0.507 e. The Balaban J connectivity index is 3.31. The van der Waals surface area contributed by atoms with Gasteiger partial charge in [0.05, 0.1) is 0 Å². The lowest BCUT2D eigenvalue weighted by Crippen LogP contribution is -2.09. The quantitative estimate of drug-likeness (QED) is 0.621. The number of carbonyl (C=O) groups excluding carboxylic acids is 1. The van der Waals surface area contributed by atoms with Gasteiger partial charge in [-0.15, -0.1) is 6.58 Å². The molecule has 0 radical (unpaired) electrons. The summed E-state index contributed by atoms with van der Waals surface area (Å²) in [5.74, 6) is -0.248. The van der Waals surface area contributed by atoms with Crippen molar-refractivity contribution >= 4 is 11.6 Å². The van der Waals surface area contributed by atoms with Crippen molar-refractivity contribution < 1.29 is 9.90 Å². The first-order valence-corrected chi connectivity index (χ1v) is 5.57. The number of allylic oxidation sites excluding steroid dienone is 1. The van der Waals surface area contributed by atoms with Crippen LogP contribution in [0.15, 0.2) is 30.0 Å². The number of nitroso groups, excluding NO2 is 1. The maximum absolute atomic E-state index is 11.1. The van der Waals surface area contributed by atoms with Gasteiger partial charge in [-0.3, -0.25) is 4.79 Å². The zero-order chi connectivity index (χ0) is 13.7. The molecule has 5 nitrogen and oxygen atoms in total. The Bertz CT molecular complexity index is 483. The van der Waals surface area contributed by atoms with Crippen molar-refractivity contribution in [2.75, 3.05) is 5.32 Å². The molecule has 1 aromatic rings. The molecule has 0 fully saturated rings. The van der Waals surface area contributed by atoms with Crippen LogP contribution in [0.5, 0.6) is 5.75 Å². The zero-order valence-electron chi connectivity index (χ0n) is 10.4. The third-order valence-corrected chi connectivity index (χ3v) is 2.58. The Hall–Kier alpha value is -2.17. The van der Waals surface area contributed by atoms with Crippen molar-refractivity contribution in [1.29, 1.82) is 0 Å². The lowest BCUT2D eigenvalue weighted by molar-refractivity contribution is -0.114. The minimum Gasteiger partial charge on any atom is -0.507 e. The molecule has 0 aliphatic heterocycles. The van der Waals surface area contributed by atoms with Crippen LogP contribution in [-0.2, 0) is 11.2 Å². The van der Waals surface area contributed by atoms with Gasteiger partial charge in [0, 0.05) is 23.7 Å². The summed E-state index contributed by atoms with van der Waals surface area (Å²) in [6.45, 7) is 6.59. The van der Waals surface area contributed by atoms with Crippen LogP contribution in [0.4, 0.5) is 5.69 Å². The van der Waals surface area contributed by atoms with E-state index in [0.717, 1.165) is 0 Å². The van der Waals surface area contributed by atoms with Crippen molar-refractivity contribution in [2.45, 2.75) is 26.3 Å². The molecular weight excluding hydrogens is 232 g/mol. The molecular formula is C13H16N2O3. The molecule has 0 aliphatic rings. The van der Waals surface area contributed by atoms with Crippen molar-refractivity contribution in [2.24, 2.45) is 5.18 Å². The van der Waals surface area contributed by atoms with Crippen molar-refractivity contribution in [1.82, 2.24) is 0 Å². The van der Waals surface area contributed by atoms with E-state index in [9.17, 15) is 14.8 Å². The van der Waals surface area contributed by atoms with E-state index in [4.69, 9.17) is 0 Å². The number of amides is 1. The lowest BCUT2D eigenvalue weighted by atomic mass is 9.99. The maximum atomic E-state index is 11.1. The third kappa shape index (κ3) is 2.94. The first kappa shape index (κ1) is 13.9. The summed E-state index contributed by atoms with van der Waals surface area (Å²) in [4.78, 5) is 21.6.